The van der Waals surface area contributed by atoms with Crippen molar-refractivity contribution in [3.63, 3.8) is 0 Å². The van der Waals surface area contributed by atoms with Crippen LogP contribution in [0.1, 0.15) is 37.5 Å². The number of nitrogens with one attached hydrogen (secondary N) is 2. The van der Waals surface area contributed by atoms with Gasteiger partial charge in [-0.25, -0.2) is 10.3 Å². The Bertz CT molecular complexity index is 786. The van der Waals surface area contributed by atoms with Crippen LogP contribution in [0.15, 0.2) is 54.6 Å². The molecule has 0 heterocycles. The highest BCUT2D eigenvalue weighted by Crippen LogP contribution is 2.09. The number of hydroxylamine groups is 1. The summed E-state index contributed by atoms with van der Waals surface area (Å²) in [6, 6.07) is 16.1. The SMILES string of the molecule is CC(C)(C)OC(=O)NC(Cc1ccccc1)C(=O)NOCc1ccc(CN)cc1. The van der Waals surface area contributed by atoms with E-state index in [1.54, 1.807) is 20.8 Å². The molecule has 7 heteroatoms. The minimum atomic E-state index is -0.841. The topological polar surface area (TPSA) is 103 Å². The fourth-order valence-electron chi connectivity index (χ4n) is 2.54. The highest BCUT2D eigenvalue weighted by molar-refractivity contribution is 5.85. The van der Waals surface area contributed by atoms with Crippen molar-refractivity contribution in [2.75, 3.05) is 0 Å². The normalized spacial score (nSPS) is 12.1. The smallest absolute Gasteiger partial charge is 0.408 e. The highest BCUT2D eigenvalue weighted by atomic mass is 16.7. The standard InChI is InChI=1S/C22H29N3O4/c1-22(2,3)29-21(27)24-19(13-16-7-5-4-6-8-16)20(26)25-28-15-18-11-9-17(14-23)10-12-18/h4-12,19H,13-15,23H2,1-3H3,(H,24,27)(H,25,26). The fraction of sp³-hybridized carbons (Fsp3) is 0.364. The molecule has 0 aromatic heterocycles. The van der Waals surface area contributed by atoms with Crippen LogP contribution in [0.5, 0.6) is 0 Å². The summed E-state index contributed by atoms with van der Waals surface area (Å²) >= 11 is 0. The molecule has 0 aliphatic heterocycles. The predicted molar refractivity (Wildman–Crippen MR) is 111 cm³/mol. The van der Waals surface area contributed by atoms with E-state index in [1.807, 2.05) is 54.6 Å². The van der Waals surface area contributed by atoms with Crippen molar-refractivity contribution in [2.45, 2.75) is 52.0 Å². The van der Waals surface area contributed by atoms with E-state index in [1.165, 1.54) is 0 Å². The van der Waals surface area contributed by atoms with Crippen LogP contribution in [0.25, 0.3) is 0 Å². The lowest BCUT2D eigenvalue weighted by molar-refractivity contribution is -0.136. The van der Waals surface area contributed by atoms with Crippen LogP contribution in [0.2, 0.25) is 0 Å². The number of rotatable bonds is 8. The lowest BCUT2D eigenvalue weighted by Crippen LogP contribution is -2.49. The Kier molecular flexibility index (Phi) is 8.18. The second kappa shape index (κ2) is 10.6. The van der Waals surface area contributed by atoms with Gasteiger partial charge in [-0.1, -0.05) is 54.6 Å². The van der Waals surface area contributed by atoms with Gasteiger partial charge in [-0.3, -0.25) is 9.63 Å². The van der Waals surface area contributed by atoms with E-state index < -0.39 is 23.6 Å². The zero-order valence-electron chi connectivity index (χ0n) is 17.1. The number of carbonyl (C=O) groups excluding carboxylic acids is 2. The molecule has 1 unspecified atom stereocenters. The summed E-state index contributed by atoms with van der Waals surface area (Å²) in [4.78, 5) is 30.1. The molecule has 0 fully saturated rings. The number of benzene rings is 2. The van der Waals surface area contributed by atoms with Crippen molar-refractivity contribution in [3.8, 4) is 0 Å². The van der Waals surface area contributed by atoms with Crippen molar-refractivity contribution < 1.29 is 19.2 Å². The van der Waals surface area contributed by atoms with Gasteiger partial charge in [0.25, 0.3) is 5.91 Å². The van der Waals surface area contributed by atoms with Crippen LogP contribution in [0, 0.1) is 0 Å². The second-order valence-electron chi connectivity index (χ2n) is 7.66. The van der Waals surface area contributed by atoms with E-state index in [2.05, 4.69) is 10.8 Å². The van der Waals surface area contributed by atoms with Crippen LogP contribution in [0.4, 0.5) is 4.79 Å². The van der Waals surface area contributed by atoms with Crippen molar-refractivity contribution in [2.24, 2.45) is 5.73 Å². The average Bonchev–Trinajstić information content (AvgIpc) is 2.67. The summed E-state index contributed by atoms with van der Waals surface area (Å²) in [7, 11) is 0. The van der Waals surface area contributed by atoms with Gasteiger partial charge in [0.05, 0.1) is 6.61 Å². The monoisotopic (exact) mass is 399 g/mol. The summed E-state index contributed by atoms with van der Waals surface area (Å²) in [6.07, 6.45) is -0.355. The molecule has 1 atom stereocenters. The van der Waals surface area contributed by atoms with E-state index >= 15 is 0 Å². The molecule has 4 N–H and O–H groups in total. The first-order valence-corrected chi connectivity index (χ1v) is 9.50. The molecular weight excluding hydrogens is 370 g/mol. The summed E-state index contributed by atoms with van der Waals surface area (Å²) in [5, 5.41) is 2.62. The maximum Gasteiger partial charge on any atom is 0.408 e. The van der Waals surface area contributed by atoms with E-state index in [0.29, 0.717) is 13.0 Å². The Labute approximate surface area is 171 Å². The second-order valence-corrected chi connectivity index (χ2v) is 7.66. The van der Waals surface area contributed by atoms with Crippen LogP contribution in [-0.2, 0) is 33.9 Å². The van der Waals surface area contributed by atoms with Gasteiger partial charge in [0.1, 0.15) is 11.6 Å². The van der Waals surface area contributed by atoms with Crippen molar-refractivity contribution in [1.29, 1.82) is 0 Å². The first-order chi connectivity index (χ1) is 13.8. The molecule has 0 spiro atoms. The van der Waals surface area contributed by atoms with Crippen LogP contribution in [0.3, 0.4) is 0 Å². The van der Waals surface area contributed by atoms with Crippen molar-refractivity contribution in [1.82, 2.24) is 10.8 Å². The first kappa shape index (κ1) is 22.4. The zero-order chi connectivity index (χ0) is 21.3. The number of nitrogens with two attached hydrogens (primary N) is 1. The van der Waals surface area contributed by atoms with Crippen LogP contribution < -0.4 is 16.5 Å². The fourth-order valence-corrected chi connectivity index (χ4v) is 2.54. The number of carbonyl (C=O) groups is 2. The molecule has 29 heavy (non-hydrogen) atoms. The van der Waals surface area contributed by atoms with Gasteiger partial charge in [-0.15, -0.1) is 0 Å². The van der Waals surface area contributed by atoms with E-state index in [-0.39, 0.29) is 6.61 Å². The Morgan fingerprint density at radius 2 is 1.59 bits per heavy atom. The average molecular weight is 399 g/mol. The quantitative estimate of drug-likeness (QED) is 0.593. The van der Waals surface area contributed by atoms with Crippen molar-refractivity contribution in [3.05, 3.63) is 71.3 Å². The molecule has 0 aliphatic rings. The molecule has 2 aromatic carbocycles. The molecule has 0 saturated heterocycles. The van der Waals surface area contributed by atoms with Crippen LogP contribution >= 0.6 is 0 Å². The molecule has 2 aromatic rings. The minimum absolute atomic E-state index is 0.196. The minimum Gasteiger partial charge on any atom is -0.444 e. The largest absolute Gasteiger partial charge is 0.444 e. The number of alkyl carbamates (subject to hydrolysis) is 1. The predicted octanol–water partition coefficient (Wildman–Crippen LogP) is 2.83. The third-order valence-electron chi connectivity index (χ3n) is 3.96. The maximum atomic E-state index is 12.6. The Morgan fingerprint density at radius 3 is 2.17 bits per heavy atom. The number of hydrogen-bond donors (Lipinski definition) is 3. The number of ether oxygens (including phenoxy) is 1. The van der Waals surface area contributed by atoms with Gasteiger partial charge in [0.15, 0.2) is 0 Å². The van der Waals surface area contributed by atoms with Gasteiger partial charge in [0, 0.05) is 13.0 Å². The summed E-state index contributed by atoms with van der Waals surface area (Å²) < 4.78 is 5.27. The van der Waals surface area contributed by atoms with Crippen LogP contribution in [-0.4, -0.2) is 23.6 Å². The molecule has 7 nitrogen and oxygen atoms in total. The Hall–Kier alpha value is -2.90. The van der Waals surface area contributed by atoms with Gasteiger partial charge in [-0.2, -0.15) is 0 Å². The first-order valence-electron chi connectivity index (χ1n) is 9.50. The third kappa shape index (κ3) is 8.33. The highest BCUT2D eigenvalue weighted by Gasteiger charge is 2.25. The Morgan fingerprint density at radius 1 is 0.966 bits per heavy atom. The molecular formula is C22H29N3O4. The Balaban J connectivity index is 1.96. The van der Waals surface area contributed by atoms with Gasteiger partial charge in [-0.05, 0) is 37.5 Å². The summed E-state index contributed by atoms with van der Waals surface area (Å²) in [5.74, 6) is -0.460. The molecule has 156 valence electrons. The summed E-state index contributed by atoms with van der Waals surface area (Å²) in [5.41, 5.74) is 10.1. The van der Waals surface area contributed by atoms with Gasteiger partial charge < -0.3 is 15.8 Å². The lowest BCUT2D eigenvalue weighted by Gasteiger charge is -2.23. The third-order valence-corrected chi connectivity index (χ3v) is 3.96. The molecule has 0 aliphatic carbocycles. The molecule has 0 bridgehead atoms. The zero-order valence-corrected chi connectivity index (χ0v) is 17.1. The maximum absolute atomic E-state index is 12.6. The molecule has 2 rings (SSSR count). The molecule has 0 saturated carbocycles. The van der Waals surface area contributed by atoms with Crippen molar-refractivity contribution >= 4 is 12.0 Å². The number of amides is 2. The summed E-state index contributed by atoms with van der Waals surface area (Å²) in [6.45, 7) is 5.95. The number of hydrogen-bond acceptors (Lipinski definition) is 5. The van der Waals surface area contributed by atoms with Gasteiger partial charge in [0.2, 0.25) is 0 Å². The van der Waals surface area contributed by atoms with E-state index in [9.17, 15) is 9.59 Å². The molecule has 2 amide bonds. The van der Waals surface area contributed by atoms with Gasteiger partial charge >= 0.3 is 6.09 Å². The van der Waals surface area contributed by atoms with E-state index in [0.717, 1.165) is 16.7 Å². The molecule has 0 radical (unpaired) electrons. The van der Waals surface area contributed by atoms with E-state index in [4.69, 9.17) is 15.3 Å². The lowest BCUT2D eigenvalue weighted by atomic mass is 10.1.